The molecule has 0 aliphatic carbocycles. The van der Waals surface area contributed by atoms with Gasteiger partial charge in [-0.2, -0.15) is 0 Å². The van der Waals surface area contributed by atoms with E-state index in [4.69, 9.17) is 4.74 Å². The number of ether oxygens (including phenoxy) is 1. The van der Waals surface area contributed by atoms with Crippen molar-refractivity contribution in [3.8, 4) is 0 Å². The lowest BCUT2D eigenvalue weighted by molar-refractivity contribution is -0.144. The maximum atomic E-state index is 12.7. The quantitative estimate of drug-likeness (QED) is 0.625. The molecule has 3 atom stereocenters. The van der Waals surface area contributed by atoms with E-state index in [1.165, 1.54) is 0 Å². The molecule has 0 aromatic heterocycles. The average molecular weight is 308 g/mol. The van der Waals surface area contributed by atoms with Gasteiger partial charge in [-0.3, -0.25) is 9.59 Å². The van der Waals surface area contributed by atoms with Crippen molar-refractivity contribution in [3.05, 3.63) is 71.8 Å². The van der Waals surface area contributed by atoms with Gasteiger partial charge in [0, 0.05) is 12.3 Å². The van der Waals surface area contributed by atoms with Crippen molar-refractivity contribution in [1.82, 2.24) is 0 Å². The highest BCUT2D eigenvalue weighted by atomic mass is 16.5. The molecule has 23 heavy (non-hydrogen) atoms. The van der Waals surface area contributed by atoms with Crippen molar-refractivity contribution in [3.63, 3.8) is 0 Å². The molecule has 1 fully saturated rings. The number of carbonyl (C=O) groups excluding carboxylic acids is 2. The van der Waals surface area contributed by atoms with E-state index >= 15 is 0 Å². The summed E-state index contributed by atoms with van der Waals surface area (Å²) in [5.74, 6) is -1.17. The monoisotopic (exact) mass is 308 g/mol. The molecular weight excluding hydrogens is 288 g/mol. The van der Waals surface area contributed by atoms with Crippen LogP contribution in [-0.2, 0) is 14.3 Å². The van der Waals surface area contributed by atoms with Gasteiger partial charge in [0.05, 0.1) is 6.61 Å². The molecule has 1 aliphatic heterocycles. The highest BCUT2D eigenvalue weighted by Crippen LogP contribution is 2.34. The Morgan fingerprint density at radius 1 is 1.09 bits per heavy atom. The molecule has 1 saturated heterocycles. The summed E-state index contributed by atoms with van der Waals surface area (Å²) >= 11 is 0. The molecule has 3 heteroatoms. The minimum atomic E-state index is -0.677. The Morgan fingerprint density at radius 2 is 1.70 bits per heavy atom. The maximum absolute atomic E-state index is 12.7. The number of Topliss-reactive ketones (excluding diaryl/α,β-unsaturated/α-hetero) is 1. The first-order valence-electron chi connectivity index (χ1n) is 7.96. The molecule has 1 aliphatic rings. The minimum Gasteiger partial charge on any atom is -0.464 e. The van der Waals surface area contributed by atoms with E-state index in [0.29, 0.717) is 13.0 Å². The summed E-state index contributed by atoms with van der Waals surface area (Å²) in [6.45, 7) is 2.31. The number of hydrogen-bond acceptors (Lipinski definition) is 3. The summed E-state index contributed by atoms with van der Waals surface area (Å²) in [5.41, 5.74) is 2.10. The first kappa shape index (κ1) is 15.5. The van der Waals surface area contributed by atoms with Gasteiger partial charge in [0.15, 0.2) is 0 Å². The zero-order valence-corrected chi connectivity index (χ0v) is 13.1. The molecule has 3 nitrogen and oxygen atoms in total. The molecule has 2 aromatic carbocycles. The van der Waals surface area contributed by atoms with Gasteiger partial charge in [-0.15, -0.1) is 0 Å². The summed E-state index contributed by atoms with van der Waals surface area (Å²) < 4.78 is 5.18. The Kier molecular flexibility index (Phi) is 4.56. The first-order valence-corrected chi connectivity index (χ1v) is 7.96. The highest BCUT2D eigenvalue weighted by Gasteiger charge is 2.42. The summed E-state index contributed by atoms with van der Waals surface area (Å²) in [5, 5.41) is 0. The summed E-state index contributed by atoms with van der Waals surface area (Å²) in [6, 6.07) is 19.6. The number of cyclic esters (lactones) is 1. The Hall–Kier alpha value is -2.42. The number of benzene rings is 2. The fourth-order valence-corrected chi connectivity index (χ4v) is 3.20. The number of carbonyl (C=O) groups is 2. The van der Waals surface area contributed by atoms with E-state index in [9.17, 15) is 9.59 Å². The average Bonchev–Trinajstić information content (AvgIpc) is 2.98. The largest absolute Gasteiger partial charge is 0.464 e. The molecule has 3 rings (SSSR count). The SMILES string of the molecule is C[C@@H](CC(=O)[C@@H]1C(=O)OC[C@H]1c1ccccc1)c1ccccc1. The van der Waals surface area contributed by atoms with Crippen molar-refractivity contribution in [1.29, 1.82) is 0 Å². The molecule has 0 spiro atoms. The molecule has 1 heterocycles. The third-order valence-corrected chi connectivity index (χ3v) is 4.51. The van der Waals surface area contributed by atoms with Gasteiger partial charge in [0.2, 0.25) is 0 Å². The zero-order valence-electron chi connectivity index (χ0n) is 13.1. The minimum absolute atomic E-state index is 0.0299. The first-order chi connectivity index (χ1) is 11.2. The summed E-state index contributed by atoms with van der Waals surface area (Å²) in [7, 11) is 0. The van der Waals surface area contributed by atoms with Crippen LogP contribution in [0.2, 0.25) is 0 Å². The molecule has 118 valence electrons. The molecule has 0 radical (unpaired) electrons. The Balaban J connectivity index is 1.76. The topological polar surface area (TPSA) is 43.4 Å². The van der Waals surface area contributed by atoms with E-state index in [0.717, 1.165) is 11.1 Å². The fraction of sp³-hybridized carbons (Fsp3) is 0.300. The molecule has 0 saturated carbocycles. The van der Waals surface area contributed by atoms with Crippen LogP contribution in [0.25, 0.3) is 0 Å². The van der Waals surface area contributed by atoms with Crippen LogP contribution in [0, 0.1) is 5.92 Å². The smallest absolute Gasteiger partial charge is 0.317 e. The highest BCUT2D eigenvalue weighted by molar-refractivity contribution is 6.01. The van der Waals surface area contributed by atoms with Crippen LogP contribution in [0.1, 0.15) is 36.3 Å². The van der Waals surface area contributed by atoms with Gasteiger partial charge in [-0.05, 0) is 17.0 Å². The van der Waals surface area contributed by atoms with Crippen LogP contribution in [0.4, 0.5) is 0 Å². The number of ketones is 1. The molecule has 2 aromatic rings. The number of rotatable bonds is 5. The van der Waals surface area contributed by atoms with Gasteiger partial charge in [0.1, 0.15) is 11.7 Å². The predicted octanol–water partition coefficient (Wildman–Crippen LogP) is 3.71. The standard InChI is InChI=1S/C20H20O3/c1-14(15-8-4-2-5-9-15)12-18(21)19-17(13-23-20(19)22)16-10-6-3-7-11-16/h2-11,14,17,19H,12-13H2,1H3/t14-,17-,19+/m0/s1. The van der Waals surface area contributed by atoms with Crippen molar-refractivity contribution in [2.24, 2.45) is 5.92 Å². The Bertz CT molecular complexity index is 679. The van der Waals surface area contributed by atoms with Crippen LogP contribution in [-0.4, -0.2) is 18.4 Å². The Labute approximate surface area is 136 Å². The number of hydrogen-bond donors (Lipinski definition) is 0. The third kappa shape index (κ3) is 3.34. The number of esters is 1. The Morgan fingerprint density at radius 3 is 2.35 bits per heavy atom. The second-order valence-electron chi connectivity index (χ2n) is 6.11. The summed E-state index contributed by atoms with van der Waals surface area (Å²) in [6.07, 6.45) is 0.354. The van der Waals surface area contributed by atoms with Gasteiger partial charge in [-0.1, -0.05) is 67.6 Å². The van der Waals surface area contributed by atoms with E-state index in [1.54, 1.807) is 0 Å². The molecule has 0 unspecified atom stereocenters. The molecule has 0 N–H and O–H groups in total. The molecule has 0 amide bonds. The van der Waals surface area contributed by atoms with Crippen LogP contribution in [0.3, 0.4) is 0 Å². The lowest BCUT2D eigenvalue weighted by Crippen LogP contribution is -2.25. The van der Waals surface area contributed by atoms with Gasteiger partial charge < -0.3 is 4.74 Å². The second-order valence-corrected chi connectivity index (χ2v) is 6.11. The lowest BCUT2D eigenvalue weighted by atomic mass is 9.82. The second kappa shape index (κ2) is 6.78. The van der Waals surface area contributed by atoms with Gasteiger partial charge in [-0.25, -0.2) is 0 Å². The molecular formula is C20H20O3. The summed E-state index contributed by atoms with van der Waals surface area (Å²) in [4.78, 5) is 24.8. The van der Waals surface area contributed by atoms with E-state index < -0.39 is 5.92 Å². The third-order valence-electron chi connectivity index (χ3n) is 4.51. The van der Waals surface area contributed by atoms with Crippen molar-refractivity contribution >= 4 is 11.8 Å². The maximum Gasteiger partial charge on any atom is 0.317 e. The van der Waals surface area contributed by atoms with Gasteiger partial charge in [0.25, 0.3) is 0 Å². The predicted molar refractivity (Wildman–Crippen MR) is 88.1 cm³/mol. The van der Waals surface area contributed by atoms with Crippen molar-refractivity contribution < 1.29 is 14.3 Å². The van der Waals surface area contributed by atoms with Crippen LogP contribution < -0.4 is 0 Å². The lowest BCUT2D eigenvalue weighted by Gasteiger charge is -2.17. The van der Waals surface area contributed by atoms with Crippen LogP contribution >= 0.6 is 0 Å². The van der Waals surface area contributed by atoms with Gasteiger partial charge >= 0.3 is 5.97 Å². The fourth-order valence-electron chi connectivity index (χ4n) is 3.20. The van der Waals surface area contributed by atoms with E-state index in [-0.39, 0.29) is 23.6 Å². The van der Waals surface area contributed by atoms with Crippen LogP contribution in [0.5, 0.6) is 0 Å². The molecule has 0 bridgehead atoms. The zero-order chi connectivity index (χ0) is 16.2. The van der Waals surface area contributed by atoms with E-state index in [1.807, 2.05) is 67.6 Å². The normalized spacial score (nSPS) is 21.7. The van der Waals surface area contributed by atoms with Crippen molar-refractivity contribution in [2.45, 2.75) is 25.2 Å². The van der Waals surface area contributed by atoms with Crippen LogP contribution in [0.15, 0.2) is 60.7 Å². The van der Waals surface area contributed by atoms with E-state index in [2.05, 4.69) is 0 Å². The van der Waals surface area contributed by atoms with Crippen molar-refractivity contribution in [2.75, 3.05) is 6.61 Å².